The number of methoxy groups -OCH3 is 1. The van der Waals surface area contributed by atoms with E-state index in [1.807, 2.05) is 24.3 Å². The second-order valence-electron chi connectivity index (χ2n) is 6.68. The predicted molar refractivity (Wildman–Crippen MR) is 97.0 cm³/mol. The predicted octanol–water partition coefficient (Wildman–Crippen LogP) is 3.79. The van der Waals surface area contributed by atoms with E-state index in [9.17, 15) is 9.59 Å². The summed E-state index contributed by atoms with van der Waals surface area (Å²) in [4.78, 5) is 23.3. The van der Waals surface area contributed by atoms with E-state index >= 15 is 0 Å². The number of hydrogen-bond acceptors (Lipinski definition) is 4. The van der Waals surface area contributed by atoms with Crippen LogP contribution >= 0.6 is 0 Å². The summed E-state index contributed by atoms with van der Waals surface area (Å²) in [7, 11) is 1.32. The van der Waals surface area contributed by atoms with Crippen molar-refractivity contribution in [3.05, 3.63) is 59.7 Å². The van der Waals surface area contributed by atoms with E-state index in [-0.39, 0.29) is 17.9 Å². The Morgan fingerprint density at radius 2 is 1.56 bits per heavy atom. The molecule has 0 unspecified atom stereocenters. The van der Waals surface area contributed by atoms with E-state index in [1.54, 1.807) is 24.3 Å². The number of rotatable bonds is 5. The van der Waals surface area contributed by atoms with Crippen LogP contribution in [0.5, 0.6) is 5.75 Å². The Morgan fingerprint density at radius 1 is 0.960 bits per heavy atom. The molecular formula is C20H23NO4. The molecule has 0 atom stereocenters. The minimum absolute atomic E-state index is 0.0757. The zero-order valence-electron chi connectivity index (χ0n) is 15.0. The Kier molecular flexibility index (Phi) is 5.80. The Bertz CT molecular complexity index is 728. The van der Waals surface area contributed by atoms with Gasteiger partial charge in [-0.1, -0.05) is 32.9 Å². The highest BCUT2D eigenvalue weighted by atomic mass is 16.5. The third-order valence-electron chi connectivity index (χ3n) is 3.68. The van der Waals surface area contributed by atoms with Gasteiger partial charge < -0.3 is 14.8 Å². The van der Waals surface area contributed by atoms with Crippen molar-refractivity contribution in [1.29, 1.82) is 0 Å². The van der Waals surface area contributed by atoms with Crippen LogP contribution in [0.25, 0.3) is 0 Å². The molecule has 2 aromatic rings. The van der Waals surface area contributed by atoms with Crippen LogP contribution in [0.2, 0.25) is 0 Å². The largest absolute Gasteiger partial charge is 0.484 e. The molecule has 0 fully saturated rings. The van der Waals surface area contributed by atoms with Crippen molar-refractivity contribution in [1.82, 2.24) is 0 Å². The number of esters is 1. The first-order valence-electron chi connectivity index (χ1n) is 8.01. The standard InChI is InChI=1S/C20H23NO4/c1-20(2,3)15-7-11-17(12-8-15)25-13-18(22)21-16-9-5-14(6-10-16)19(23)24-4/h5-12H,13H2,1-4H3,(H,21,22). The van der Waals surface area contributed by atoms with Gasteiger partial charge in [-0.05, 0) is 47.4 Å². The first kappa shape index (κ1) is 18.5. The quantitative estimate of drug-likeness (QED) is 0.841. The van der Waals surface area contributed by atoms with Crippen LogP contribution in [-0.4, -0.2) is 25.6 Å². The number of amides is 1. The lowest BCUT2D eigenvalue weighted by Crippen LogP contribution is -2.20. The maximum absolute atomic E-state index is 12.0. The Morgan fingerprint density at radius 3 is 2.08 bits per heavy atom. The Labute approximate surface area is 148 Å². The molecule has 5 nitrogen and oxygen atoms in total. The normalized spacial score (nSPS) is 10.9. The molecule has 0 bridgehead atoms. The van der Waals surface area contributed by atoms with Gasteiger partial charge in [0.25, 0.3) is 5.91 Å². The maximum Gasteiger partial charge on any atom is 0.337 e. The maximum atomic E-state index is 12.0. The van der Waals surface area contributed by atoms with E-state index in [0.717, 1.165) is 0 Å². The number of carbonyl (C=O) groups is 2. The van der Waals surface area contributed by atoms with E-state index in [0.29, 0.717) is 17.0 Å². The van der Waals surface area contributed by atoms with Crippen LogP contribution in [0.15, 0.2) is 48.5 Å². The van der Waals surface area contributed by atoms with Crippen molar-refractivity contribution in [2.75, 3.05) is 19.0 Å². The van der Waals surface area contributed by atoms with Gasteiger partial charge in [-0.2, -0.15) is 0 Å². The highest BCUT2D eigenvalue weighted by molar-refractivity contribution is 5.93. The van der Waals surface area contributed by atoms with Crippen LogP contribution in [0.3, 0.4) is 0 Å². The molecule has 0 spiro atoms. The van der Waals surface area contributed by atoms with Crippen molar-refractivity contribution in [3.63, 3.8) is 0 Å². The zero-order valence-corrected chi connectivity index (χ0v) is 15.0. The topological polar surface area (TPSA) is 64.6 Å². The first-order chi connectivity index (χ1) is 11.8. The summed E-state index contributed by atoms with van der Waals surface area (Å²) in [6.45, 7) is 6.33. The summed E-state index contributed by atoms with van der Waals surface area (Å²) >= 11 is 0. The average molecular weight is 341 g/mol. The molecule has 0 radical (unpaired) electrons. The smallest absolute Gasteiger partial charge is 0.337 e. The molecule has 1 N–H and O–H groups in total. The van der Waals surface area contributed by atoms with Crippen molar-refractivity contribution in [2.24, 2.45) is 0 Å². The van der Waals surface area contributed by atoms with E-state index < -0.39 is 5.97 Å². The number of hydrogen-bond donors (Lipinski definition) is 1. The second kappa shape index (κ2) is 7.83. The molecule has 0 aliphatic heterocycles. The molecule has 0 aromatic heterocycles. The van der Waals surface area contributed by atoms with Crippen LogP contribution in [0.1, 0.15) is 36.7 Å². The Balaban J connectivity index is 1.87. The second-order valence-corrected chi connectivity index (χ2v) is 6.68. The molecule has 0 saturated heterocycles. The van der Waals surface area contributed by atoms with Gasteiger partial charge in [0.2, 0.25) is 0 Å². The zero-order chi connectivity index (χ0) is 18.4. The van der Waals surface area contributed by atoms with Gasteiger partial charge in [0.1, 0.15) is 5.75 Å². The fourth-order valence-electron chi connectivity index (χ4n) is 2.20. The molecule has 1 amide bonds. The molecule has 2 aromatic carbocycles. The van der Waals surface area contributed by atoms with Crippen LogP contribution in [0.4, 0.5) is 5.69 Å². The summed E-state index contributed by atoms with van der Waals surface area (Å²) < 4.78 is 10.1. The number of nitrogens with one attached hydrogen (secondary N) is 1. The summed E-state index contributed by atoms with van der Waals surface area (Å²) in [5.74, 6) is -0.0465. The van der Waals surface area contributed by atoms with Gasteiger partial charge in [-0.15, -0.1) is 0 Å². The monoisotopic (exact) mass is 341 g/mol. The molecule has 2 rings (SSSR count). The third kappa shape index (κ3) is 5.35. The number of benzene rings is 2. The minimum atomic E-state index is -0.417. The van der Waals surface area contributed by atoms with Crippen molar-refractivity contribution < 1.29 is 19.1 Å². The Hall–Kier alpha value is -2.82. The lowest BCUT2D eigenvalue weighted by Gasteiger charge is -2.19. The lowest BCUT2D eigenvalue weighted by molar-refractivity contribution is -0.118. The van der Waals surface area contributed by atoms with Gasteiger partial charge >= 0.3 is 5.97 Å². The van der Waals surface area contributed by atoms with E-state index in [4.69, 9.17) is 4.74 Å². The van der Waals surface area contributed by atoms with E-state index in [1.165, 1.54) is 12.7 Å². The van der Waals surface area contributed by atoms with Crippen molar-refractivity contribution in [3.8, 4) is 5.75 Å². The number of ether oxygens (including phenoxy) is 2. The molecule has 5 heteroatoms. The molecule has 25 heavy (non-hydrogen) atoms. The fraction of sp³-hybridized carbons (Fsp3) is 0.300. The van der Waals surface area contributed by atoms with Crippen molar-refractivity contribution in [2.45, 2.75) is 26.2 Å². The molecule has 0 heterocycles. The molecular weight excluding hydrogens is 318 g/mol. The van der Waals surface area contributed by atoms with Gasteiger partial charge in [0.15, 0.2) is 6.61 Å². The van der Waals surface area contributed by atoms with Gasteiger partial charge in [0.05, 0.1) is 12.7 Å². The van der Waals surface area contributed by atoms with Crippen LogP contribution < -0.4 is 10.1 Å². The molecule has 0 aliphatic carbocycles. The van der Waals surface area contributed by atoms with E-state index in [2.05, 4.69) is 30.8 Å². The lowest BCUT2D eigenvalue weighted by atomic mass is 9.87. The van der Waals surface area contributed by atoms with Crippen LogP contribution in [0, 0.1) is 0 Å². The molecule has 0 saturated carbocycles. The SMILES string of the molecule is COC(=O)c1ccc(NC(=O)COc2ccc(C(C)(C)C)cc2)cc1. The fourth-order valence-corrected chi connectivity index (χ4v) is 2.20. The summed E-state index contributed by atoms with van der Waals surface area (Å²) in [6, 6.07) is 14.2. The minimum Gasteiger partial charge on any atom is -0.484 e. The van der Waals surface area contributed by atoms with Gasteiger partial charge in [-0.3, -0.25) is 4.79 Å². The summed E-state index contributed by atoms with van der Waals surface area (Å²) in [5.41, 5.74) is 2.29. The third-order valence-corrected chi connectivity index (χ3v) is 3.68. The van der Waals surface area contributed by atoms with Gasteiger partial charge in [-0.25, -0.2) is 4.79 Å². The van der Waals surface area contributed by atoms with Crippen molar-refractivity contribution >= 4 is 17.6 Å². The average Bonchev–Trinajstić information content (AvgIpc) is 2.59. The van der Waals surface area contributed by atoms with Gasteiger partial charge in [0, 0.05) is 5.69 Å². The highest BCUT2D eigenvalue weighted by Crippen LogP contribution is 2.24. The number of carbonyl (C=O) groups excluding carboxylic acids is 2. The molecule has 132 valence electrons. The number of anilines is 1. The molecule has 0 aliphatic rings. The summed E-state index contributed by atoms with van der Waals surface area (Å²) in [5, 5.41) is 2.72. The summed E-state index contributed by atoms with van der Waals surface area (Å²) in [6.07, 6.45) is 0. The van der Waals surface area contributed by atoms with Crippen LogP contribution in [-0.2, 0) is 14.9 Å². The highest BCUT2D eigenvalue weighted by Gasteiger charge is 2.13. The first-order valence-corrected chi connectivity index (χ1v) is 8.01.